The molecule has 1 aromatic carbocycles. The van der Waals surface area contributed by atoms with Gasteiger partial charge in [0.15, 0.2) is 5.76 Å². The fourth-order valence-corrected chi connectivity index (χ4v) is 3.43. The van der Waals surface area contributed by atoms with E-state index in [1.165, 1.54) is 31.0 Å². The second-order valence-corrected chi connectivity index (χ2v) is 6.91. The van der Waals surface area contributed by atoms with Crippen molar-refractivity contribution in [3.8, 4) is 5.88 Å². The lowest BCUT2D eigenvalue weighted by Gasteiger charge is -2.12. The number of hydrogen-bond acceptors (Lipinski definition) is 4. The molecule has 0 bridgehead atoms. The smallest absolute Gasteiger partial charge is 0.287 e. The van der Waals surface area contributed by atoms with Crippen LogP contribution in [0.5, 0.6) is 5.88 Å². The van der Waals surface area contributed by atoms with E-state index in [1.807, 2.05) is 12.1 Å². The molecule has 1 amide bonds. The molecule has 27 heavy (non-hydrogen) atoms. The highest BCUT2D eigenvalue weighted by molar-refractivity contribution is 5.98. The van der Waals surface area contributed by atoms with Crippen LogP contribution in [0.25, 0.3) is 11.0 Å². The highest BCUT2D eigenvalue weighted by atomic mass is 19.1. The van der Waals surface area contributed by atoms with Crippen LogP contribution in [-0.4, -0.2) is 17.0 Å². The predicted octanol–water partition coefficient (Wildman–Crippen LogP) is 4.53. The predicted molar refractivity (Wildman–Crippen MR) is 99.2 cm³/mol. The van der Waals surface area contributed by atoms with Crippen LogP contribution in [0.4, 0.5) is 4.39 Å². The average molecular weight is 368 g/mol. The lowest BCUT2D eigenvalue weighted by Crippen LogP contribution is -2.23. The number of rotatable bonds is 5. The van der Waals surface area contributed by atoms with Gasteiger partial charge in [-0.25, -0.2) is 9.37 Å². The summed E-state index contributed by atoms with van der Waals surface area (Å²) in [6.07, 6.45) is 6.56. The minimum atomic E-state index is -0.357. The van der Waals surface area contributed by atoms with Crippen molar-refractivity contribution in [3.05, 3.63) is 59.2 Å². The van der Waals surface area contributed by atoms with Crippen LogP contribution in [0.1, 0.15) is 47.4 Å². The Morgan fingerprint density at radius 1 is 1.30 bits per heavy atom. The van der Waals surface area contributed by atoms with E-state index in [1.54, 1.807) is 13.1 Å². The molecule has 1 saturated carbocycles. The Labute approximate surface area is 156 Å². The van der Waals surface area contributed by atoms with Crippen molar-refractivity contribution in [2.45, 2.75) is 45.3 Å². The monoisotopic (exact) mass is 368 g/mol. The Morgan fingerprint density at radius 3 is 2.85 bits per heavy atom. The topological polar surface area (TPSA) is 64.4 Å². The SMILES string of the molecule is Cc1c(C(=O)NCc2ccc(OC3CCCC3)nc2)oc2ccc(F)cc12. The first-order chi connectivity index (χ1) is 13.1. The maximum absolute atomic E-state index is 13.4. The molecule has 3 aromatic rings. The average Bonchev–Trinajstić information content (AvgIpc) is 3.29. The summed E-state index contributed by atoms with van der Waals surface area (Å²) in [5, 5.41) is 3.42. The van der Waals surface area contributed by atoms with E-state index >= 15 is 0 Å². The fourth-order valence-electron chi connectivity index (χ4n) is 3.43. The Morgan fingerprint density at radius 2 is 2.11 bits per heavy atom. The van der Waals surface area contributed by atoms with Crippen molar-refractivity contribution >= 4 is 16.9 Å². The standard InChI is InChI=1S/C21H21FN2O3/c1-13-17-10-15(22)7-8-18(17)27-20(13)21(25)24-12-14-6-9-19(23-11-14)26-16-4-2-3-5-16/h6-11,16H,2-5,12H2,1H3,(H,24,25). The van der Waals surface area contributed by atoms with Crippen LogP contribution in [-0.2, 0) is 6.54 Å². The quantitative estimate of drug-likeness (QED) is 0.719. The minimum absolute atomic E-state index is 0.199. The van der Waals surface area contributed by atoms with Crippen LogP contribution in [0.3, 0.4) is 0 Å². The van der Waals surface area contributed by atoms with Gasteiger partial charge in [0.25, 0.3) is 5.91 Å². The first-order valence-corrected chi connectivity index (χ1v) is 9.18. The molecule has 2 aromatic heterocycles. The van der Waals surface area contributed by atoms with Crippen molar-refractivity contribution in [1.29, 1.82) is 0 Å². The highest BCUT2D eigenvalue weighted by Gasteiger charge is 2.18. The van der Waals surface area contributed by atoms with Gasteiger partial charge >= 0.3 is 0 Å². The molecule has 5 nitrogen and oxygen atoms in total. The second kappa shape index (κ2) is 7.39. The highest BCUT2D eigenvalue weighted by Crippen LogP contribution is 2.26. The largest absolute Gasteiger partial charge is 0.474 e. The Balaban J connectivity index is 1.39. The number of hydrogen-bond donors (Lipinski definition) is 1. The summed E-state index contributed by atoms with van der Waals surface area (Å²) in [6.45, 7) is 2.07. The summed E-state index contributed by atoms with van der Waals surface area (Å²) < 4.78 is 24.8. The maximum Gasteiger partial charge on any atom is 0.287 e. The number of carbonyl (C=O) groups is 1. The van der Waals surface area contributed by atoms with Gasteiger partial charge in [-0.3, -0.25) is 4.79 Å². The lowest BCUT2D eigenvalue weighted by molar-refractivity contribution is 0.0924. The number of nitrogens with one attached hydrogen (secondary N) is 1. The van der Waals surface area contributed by atoms with Gasteiger partial charge in [0.2, 0.25) is 5.88 Å². The molecule has 0 saturated heterocycles. The van der Waals surface area contributed by atoms with Gasteiger partial charge in [0, 0.05) is 29.8 Å². The molecule has 1 N–H and O–H groups in total. The molecule has 0 unspecified atom stereocenters. The van der Waals surface area contributed by atoms with Gasteiger partial charge in [-0.15, -0.1) is 0 Å². The number of aromatic nitrogens is 1. The molecule has 1 fully saturated rings. The molecule has 2 heterocycles. The van der Waals surface area contributed by atoms with Crippen LogP contribution in [0, 0.1) is 12.7 Å². The number of nitrogens with zero attached hydrogens (tertiary/aromatic N) is 1. The molecule has 0 spiro atoms. The third-order valence-corrected chi connectivity index (χ3v) is 4.94. The van der Waals surface area contributed by atoms with Gasteiger partial charge in [-0.2, -0.15) is 0 Å². The van der Waals surface area contributed by atoms with E-state index < -0.39 is 0 Å². The summed E-state index contributed by atoms with van der Waals surface area (Å²) in [4.78, 5) is 16.8. The molecular weight excluding hydrogens is 347 g/mol. The van der Waals surface area contributed by atoms with E-state index in [2.05, 4.69) is 10.3 Å². The summed E-state index contributed by atoms with van der Waals surface area (Å²) in [5.74, 6) is 0.122. The van der Waals surface area contributed by atoms with E-state index in [0.717, 1.165) is 18.4 Å². The summed E-state index contributed by atoms with van der Waals surface area (Å²) in [5.41, 5.74) is 1.98. The zero-order valence-corrected chi connectivity index (χ0v) is 15.1. The van der Waals surface area contributed by atoms with Crippen LogP contribution >= 0.6 is 0 Å². The van der Waals surface area contributed by atoms with Crippen molar-refractivity contribution in [1.82, 2.24) is 10.3 Å². The summed E-state index contributed by atoms with van der Waals surface area (Å²) >= 11 is 0. The van der Waals surface area contributed by atoms with E-state index in [-0.39, 0.29) is 23.6 Å². The molecular formula is C21H21FN2O3. The van der Waals surface area contributed by atoms with E-state index in [4.69, 9.17) is 9.15 Å². The number of carbonyl (C=O) groups excluding carboxylic acids is 1. The number of benzene rings is 1. The maximum atomic E-state index is 13.4. The third kappa shape index (κ3) is 3.79. The zero-order valence-electron chi connectivity index (χ0n) is 15.1. The molecule has 140 valence electrons. The molecule has 0 radical (unpaired) electrons. The number of fused-ring (bicyclic) bond motifs is 1. The van der Waals surface area contributed by atoms with Gasteiger partial charge in [0.05, 0.1) is 0 Å². The number of halogens is 1. The van der Waals surface area contributed by atoms with Crippen molar-refractivity contribution in [3.63, 3.8) is 0 Å². The Kier molecular flexibility index (Phi) is 4.79. The minimum Gasteiger partial charge on any atom is -0.474 e. The molecule has 1 aliphatic carbocycles. The first kappa shape index (κ1) is 17.5. The zero-order chi connectivity index (χ0) is 18.8. The van der Waals surface area contributed by atoms with Crippen LogP contribution in [0.15, 0.2) is 40.9 Å². The van der Waals surface area contributed by atoms with Crippen molar-refractivity contribution in [2.24, 2.45) is 0 Å². The van der Waals surface area contributed by atoms with Crippen LogP contribution < -0.4 is 10.1 Å². The fraction of sp³-hybridized carbons (Fsp3) is 0.333. The van der Waals surface area contributed by atoms with E-state index in [0.29, 0.717) is 29.0 Å². The normalized spacial score (nSPS) is 14.6. The third-order valence-electron chi connectivity index (χ3n) is 4.94. The first-order valence-electron chi connectivity index (χ1n) is 9.18. The Bertz CT molecular complexity index is 959. The molecule has 1 aliphatic rings. The molecule has 0 aliphatic heterocycles. The van der Waals surface area contributed by atoms with Gasteiger partial charge in [-0.1, -0.05) is 6.07 Å². The van der Waals surface area contributed by atoms with Crippen LogP contribution in [0.2, 0.25) is 0 Å². The van der Waals surface area contributed by atoms with E-state index in [9.17, 15) is 9.18 Å². The van der Waals surface area contributed by atoms with Gasteiger partial charge in [-0.05, 0) is 56.4 Å². The molecule has 0 atom stereocenters. The second-order valence-electron chi connectivity index (χ2n) is 6.91. The number of amides is 1. The van der Waals surface area contributed by atoms with Crippen molar-refractivity contribution < 1.29 is 18.3 Å². The Hall–Kier alpha value is -2.89. The summed E-state index contributed by atoms with van der Waals surface area (Å²) in [7, 11) is 0. The molecule has 4 rings (SSSR count). The molecule has 6 heteroatoms. The number of ether oxygens (including phenoxy) is 1. The number of furan rings is 1. The summed E-state index contributed by atoms with van der Waals surface area (Å²) in [6, 6.07) is 7.93. The van der Waals surface area contributed by atoms with Gasteiger partial charge < -0.3 is 14.5 Å². The number of aryl methyl sites for hydroxylation is 1. The number of pyridine rings is 1. The van der Waals surface area contributed by atoms with Gasteiger partial charge in [0.1, 0.15) is 17.5 Å². The lowest BCUT2D eigenvalue weighted by atomic mass is 10.1. The van der Waals surface area contributed by atoms with Crippen molar-refractivity contribution in [2.75, 3.05) is 0 Å².